The number of hydrogen-bond acceptors (Lipinski definition) is 6. The van der Waals surface area contributed by atoms with E-state index in [0.29, 0.717) is 0 Å². The van der Waals surface area contributed by atoms with Gasteiger partial charge in [-0.3, -0.25) is 19.9 Å². The summed E-state index contributed by atoms with van der Waals surface area (Å²) in [6.45, 7) is 0. The van der Waals surface area contributed by atoms with Crippen LogP contribution in [0.1, 0.15) is 0 Å². The van der Waals surface area contributed by atoms with Crippen molar-refractivity contribution in [2.45, 2.75) is 0 Å². The van der Waals surface area contributed by atoms with Crippen LogP contribution in [-0.4, -0.2) is 29.9 Å². The standard InChI is InChI=1S/C36H24N6/c1-5-27(21-37-13-1)33-17-31(18-34(41-33)28-6-2-14-38-22-28)25-9-11-26(12-10-25)32-19-35(29-7-3-15-39-23-29)42-36(20-32)30-8-4-16-40-24-30/h1-24H. The summed E-state index contributed by atoms with van der Waals surface area (Å²) in [5.74, 6) is 0. The molecule has 0 aliphatic heterocycles. The summed E-state index contributed by atoms with van der Waals surface area (Å²) in [4.78, 5) is 27.1. The maximum atomic E-state index is 4.94. The van der Waals surface area contributed by atoms with Gasteiger partial charge in [0.15, 0.2) is 0 Å². The summed E-state index contributed by atoms with van der Waals surface area (Å²) in [5, 5.41) is 0. The molecule has 0 radical (unpaired) electrons. The van der Waals surface area contributed by atoms with Gasteiger partial charge in [-0.2, -0.15) is 0 Å². The third-order valence-corrected chi connectivity index (χ3v) is 7.03. The molecule has 0 unspecified atom stereocenters. The van der Waals surface area contributed by atoms with Gasteiger partial charge in [-0.25, -0.2) is 9.97 Å². The predicted molar refractivity (Wildman–Crippen MR) is 166 cm³/mol. The molecule has 7 rings (SSSR count). The lowest BCUT2D eigenvalue weighted by molar-refractivity contribution is 1.26. The van der Waals surface area contributed by atoms with Crippen molar-refractivity contribution in [3.63, 3.8) is 0 Å². The Morgan fingerprint density at radius 2 is 0.571 bits per heavy atom. The first-order valence-corrected chi connectivity index (χ1v) is 13.6. The van der Waals surface area contributed by atoms with Gasteiger partial charge in [0, 0.05) is 71.8 Å². The van der Waals surface area contributed by atoms with Crippen molar-refractivity contribution in [3.05, 3.63) is 147 Å². The van der Waals surface area contributed by atoms with Crippen molar-refractivity contribution in [2.75, 3.05) is 0 Å². The van der Waals surface area contributed by atoms with Gasteiger partial charge < -0.3 is 0 Å². The van der Waals surface area contributed by atoms with Crippen molar-refractivity contribution in [3.8, 4) is 67.3 Å². The molecule has 0 amide bonds. The highest BCUT2D eigenvalue weighted by molar-refractivity contribution is 5.80. The number of nitrogens with zero attached hydrogens (tertiary/aromatic N) is 6. The fraction of sp³-hybridized carbons (Fsp3) is 0. The second kappa shape index (κ2) is 11.3. The van der Waals surface area contributed by atoms with Crippen molar-refractivity contribution in [2.24, 2.45) is 0 Å². The lowest BCUT2D eigenvalue weighted by Gasteiger charge is -2.12. The minimum absolute atomic E-state index is 0.861. The molecule has 0 saturated carbocycles. The molecule has 6 aromatic heterocycles. The fourth-order valence-electron chi connectivity index (χ4n) is 4.90. The van der Waals surface area contributed by atoms with E-state index in [-0.39, 0.29) is 0 Å². The number of aromatic nitrogens is 6. The van der Waals surface area contributed by atoms with Gasteiger partial charge in [0.1, 0.15) is 0 Å². The monoisotopic (exact) mass is 540 g/mol. The lowest BCUT2D eigenvalue weighted by Crippen LogP contribution is -1.93. The normalized spacial score (nSPS) is 10.9. The highest BCUT2D eigenvalue weighted by Crippen LogP contribution is 2.33. The molecular weight excluding hydrogens is 516 g/mol. The van der Waals surface area contributed by atoms with Crippen LogP contribution in [-0.2, 0) is 0 Å². The summed E-state index contributed by atoms with van der Waals surface area (Å²) < 4.78 is 0. The van der Waals surface area contributed by atoms with Crippen molar-refractivity contribution >= 4 is 0 Å². The van der Waals surface area contributed by atoms with Crippen LogP contribution in [0.3, 0.4) is 0 Å². The molecule has 0 spiro atoms. The van der Waals surface area contributed by atoms with Crippen LogP contribution in [0.25, 0.3) is 67.3 Å². The zero-order valence-electron chi connectivity index (χ0n) is 22.5. The van der Waals surface area contributed by atoms with Crippen LogP contribution in [0.4, 0.5) is 0 Å². The summed E-state index contributed by atoms with van der Waals surface area (Å²) >= 11 is 0. The van der Waals surface area contributed by atoms with Crippen LogP contribution in [0.15, 0.2) is 147 Å². The zero-order chi connectivity index (χ0) is 28.1. The van der Waals surface area contributed by atoms with Crippen LogP contribution in [0.2, 0.25) is 0 Å². The Morgan fingerprint density at radius 1 is 0.286 bits per heavy atom. The second-order valence-corrected chi connectivity index (χ2v) is 9.80. The van der Waals surface area contributed by atoms with E-state index < -0.39 is 0 Å². The van der Waals surface area contributed by atoms with E-state index in [1.807, 2.05) is 73.3 Å². The summed E-state index contributed by atoms with van der Waals surface area (Å²) in [7, 11) is 0. The Hall–Kier alpha value is -5.88. The molecule has 0 saturated heterocycles. The van der Waals surface area contributed by atoms with Gasteiger partial charge in [-0.15, -0.1) is 0 Å². The summed E-state index contributed by atoms with van der Waals surface area (Å²) in [6.07, 6.45) is 14.4. The first-order chi connectivity index (χ1) is 20.8. The smallest absolute Gasteiger partial charge is 0.0731 e. The maximum Gasteiger partial charge on any atom is 0.0731 e. The highest BCUT2D eigenvalue weighted by Gasteiger charge is 2.12. The zero-order valence-corrected chi connectivity index (χ0v) is 22.5. The fourth-order valence-corrected chi connectivity index (χ4v) is 4.90. The van der Waals surface area contributed by atoms with Gasteiger partial charge in [0.25, 0.3) is 0 Å². The molecule has 0 aliphatic carbocycles. The van der Waals surface area contributed by atoms with Crippen LogP contribution < -0.4 is 0 Å². The third-order valence-electron chi connectivity index (χ3n) is 7.03. The van der Waals surface area contributed by atoms with E-state index >= 15 is 0 Å². The molecule has 6 heterocycles. The molecule has 0 bridgehead atoms. The molecule has 7 aromatic rings. The molecule has 1 aromatic carbocycles. The van der Waals surface area contributed by atoms with Gasteiger partial charge in [0.05, 0.1) is 22.8 Å². The van der Waals surface area contributed by atoms with E-state index in [2.05, 4.69) is 68.5 Å². The number of benzene rings is 1. The molecule has 198 valence electrons. The summed E-state index contributed by atoms with van der Waals surface area (Å²) in [5.41, 5.74) is 11.6. The van der Waals surface area contributed by atoms with E-state index in [4.69, 9.17) is 9.97 Å². The lowest BCUT2D eigenvalue weighted by atomic mass is 9.97. The van der Waals surface area contributed by atoms with Crippen molar-refractivity contribution < 1.29 is 0 Å². The van der Waals surface area contributed by atoms with Crippen molar-refractivity contribution in [1.82, 2.24) is 29.9 Å². The number of pyridine rings is 6. The molecule has 0 atom stereocenters. The Kier molecular flexibility index (Phi) is 6.76. The van der Waals surface area contributed by atoms with Gasteiger partial charge in [-0.1, -0.05) is 24.3 Å². The van der Waals surface area contributed by atoms with Crippen LogP contribution >= 0.6 is 0 Å². The van der Waals surface area contributed by atoms with E-state index in [1.165, 1.54) is 0 Å². The molecule has 0 N–H and O–H groups in total. The summed E-state index contributed by atoms with van der Waals surface area (Å²) in [6, 6.07) is 32.9. The SMILES string of the molecule is c1cncc(-c2cc(-c3ccc(-c4cc(-c5cccnc5)nc(-c5cccnc5)c4)cc3)cc(-c3cccnc3)n2)c1. The van der Waals surface area contributed by atoms with Crippen LogP contribution in [0.5, 0.6) is 0 Å². The van der Waals surface area contributed by atoms with E-state index in [1.54, 1.807) is 24.8 Å². The van der Waals surface area contributed by atoms with Crippen molar-refractivity contribution in [1.29, 1.82) is 0 Å². The number of rotatable bonds is 6. The minimum Gasteiger partial charge on any atom is -0.264 e. The molecule has 6 heteroatoms. The Morgan fingerprint density at radius 3 is 0.810 bits per heavy atom. The quantitative estimate of drug-likeness (QED) is 0.212. The molecule has 6 nitrogen and oxygen atoms in total. The topological polar surface area (TPSA) is 77.3 Å². The van der Waals surface area contributed by atoms with Gasteiger partial charge >= 0.3 is 0 Å². The van der Waals surface area contributed by atoms with Crippen LogP contribution in [0, 0.1) is 0 Å². The first kappa shape index (κ1) is 25.1. The highest BCUT2D eigenvalue weighted by atomic mass is 14.7. The molecular formula is C36H24N6. The minimum atomic E-state index is 0.861. The Bertz CT molecular complexity index is 1680. The van der Waals surface area contributed by atoms with E-state index in [9.17, 15) is 0 Å². The Labute approximate surface area is 243 Å². The van der Waals surface area contributed by atoms with E-state index in [0.717, 1.165) is 67.3 Å². The average molecular weight is 541 g/mol. The van der Waals surface area contributed by atoms with Gasteiger partial charge in [-0.05, 0) is 95.1 Å². The number of hydrogen-bond donors (Lipinski definition) is 0. The second-order valence-electron chi connectivity index (χ2n) is 9.80. The average Bonchev–Trinajstić information content (AvgIpc) is 3.09. The molecule has 0 aliphatic rings. The molecule has 0 fully saturated rings. The Balaban J connectivity index is 1.31. The third kappa shape index (κ3) is 5.29. The molecule has 42 heavy (non-hydrogen) atoms. The first-order valence-electron chi connectivity index (χ1n) is 13.6. The largest absolute Gasteiger partial charge is 0.264 e. The maximum absolute atomic E-state index is 4.94. The predicted octanol–water partition coefficient (Wildman–Crippen LogP) is 8.06. The van der Waals surface area contributed by atoms with Gasteiger partial charge in [0.2, 0.25) is 0 Å².